The van der Waals surface area contributed by atoms with Gasteiger partial charge in [-0.15, -0.1) is 0 Å². The van der Waals surface area contributed by atoms with E-state index in [2.05, 4.69) is 4.98 Å². The van der Waals surface area contributed by atoms with Crippen LogP contribution in [0.3, 0.4) is 0 Å². The van der Waals surface area contributed by atoms with Gasteiger partial charge in [0.2, 0.25) is 5.76 Å². The van der Waals surface area contributed by atoms with Crippen LogP contribution >= 0.6 is 11.6 Å². The highest BCUT2D eigenvalue weighted by atomic mass is 35.5. The monoisotopic (exact) mass is 265 g/mol. The molecule has 0 unspecified atom stereocenters. The zero-order chi connectivity index (χ0) is 13.3. The van der Waals surface area contributed by atoms with Crippen LogP contribution in [-0.4, -0.2) is 17.9 Å². The number of carbonyl (C=O) groups excluding carboxylic acids is 1. The number of hydrogen-bond acceptors (Lipinski definition) is 4. The molecule has 0 aliphatic rings. The van der Waals surface area contributed by atoms with Crippen LogP contribution < -0.4 is 10.6 Å². The Morgan fingerprint density at radius 1 is 1.50 bits per heavy atom. The van der Waals surface area contributed by atoms with E-state index in [1.807, 2.05) is 0 Å². The minimum absolute atomic E-state index is 0.192. The van der Waals surface area contributed by atoms with E-state index in [9.17, 15) is 4.79 Å². The smallest absolute Gasteiger partial charge is 0.295 e. The van der Waals surface area contributed by atoms with Crippen molar-refractivity contribution in [2.24, 2.45) is 0 Å². The second kappa shape index (κ2) is 4.70. The normalized spacial score (nSPS) is 10.4. The van der Waals surface area contributed by atoms with Crippen LogP contribution in [0, 0.1) is 6.92 Å². The maximum Gasteiger partial charge on any atom is 0.295 e. The fourth-order valence-electron chi connectivity index (χ4n) is 1.58. The standard InChI is InChI=1S/C12H12ClN3O2/c1-7-11(18-6-15-7)12(17)16(2)10-5-8(13)3-4-9(10)14/h3-6H,14H2,1-2H3. The average Bonchev–Trinajstić information content (AvgIpc) is 2.77. The Labute approximate surface area is 109 Å². The summed E-state index contributed by atoms with van der Waals surface area (Å²) >= 11 is 5.89. The number of nitrogens with zero attached hydrogens (tertiary/aromatic N) is 2. The summed E-state index contributed by atoms with van der Waals surface area (Å²) in [6.07, 6.45) is 1.23. The number of nitrogens with two attached hydrogens (primary N) is 1. The molecule has 18 heavy (non-hydrogen) atoms. The lowest BCUT2D eigenvalue weighted by atomic mass is 10.2. The molecule has 0 saturated heterocycles. The predicted molar refractivity (Wildman–Crippen MR) is 69.8 cm³/mol. The summed E-state index contributed by atoms with van der Waals surface area (Å²) in [5.74, 6) is -0.129. The minimum Gasteiger partial charge on any atom is -0.438 e. The number of oxazole rings is 1. The van der Waals surface area contributed by atoms with Crippen molar-refractivity contribution < 1.29 is 9.21 Å². The van der Waals surface area contributed by atoms with Gasteiger partial charge < -0.3 is 15.1 Å². The van der Waals surface area contributed by atoms with Gasteiger partial charge in [0, 0.05) is 12.1 Å². The lowest BCUT2D eigenvalue weighted by molar-refractivity contribution is 0.0966. The summed E-state index contributed by atoms with van der Waals surface area (Å²) in [4.78, 5) is 17.5. The van der Waals surface area contributed by atoms with Crippen LogP contribution in [0.15, 0.2) is 29.0 Å². The van der Waals surface area contributed by atoms with Gasteiger partial charge in [-0.2, -0.15) is 0 Å². The maximum atomic E-state index is 12.2. The van der Waals surface area contributed by atoms with Gasteiger partial charge in [0.15, 0.2) is 6.39 Å². The first kappa shape index (κ1) is 12.4. The molecular formula is C12H12ClN3O2. The first-order valence-corrected chi connectivity index (χ1v) is 5.61. The number of carbonyl (C=O) groups is 1. The largest absolute Gasteiger partial charge is 0.438 e. The molecule has 94 valence electrons. The zero-order valence-electron chi connectivity index (χ0n) is 9.98. The summed E-state index contributed by atoms with van der Waals surface area (Å²) in [5.41, 5.74) is 7.35. The number of aromatic nitrogens is 1. The van der Waals surface area contributed by atoms with E-state index in [0.29, 0.717) is 22.1 Å². The summed E-state index contributed by atoms with van der Waals surface area (Å²) in [7, 11) is 1.60. The Morgan fingerprint density at radius 2 is 2.22 bits per heavy atom. The molecule has 0 aliphatic carbocycles. The molecule has 0 aliphatic heterocycles. The predicted octanol–water partition coefficient (Wildman–Crippen LogP) is 2.50. The van der Waals surface area contributed by atoms with Gasteiger partial charge in [-0.1, -0.05) is 11.6 Å². The fraction of sp³-hybridized carbons (Fsp3) is 0.167. The van der Waals surface area contributed by atoms with Crippen molar-refractivity contribution in [3.63, 3.8) is 0 Å². The molecule has 0 bridgehead atoms. The van der Waals surface area contributed by atoms with Crippen molar-refractivity contribution in [3.8, 4) is 0 Å². The highest BCUT2D eigenvalue weighted by Gasteiger charge is 2.21. The lowest BCUT2D eigenvalue weighted by Crippen LogP contribution is -2.27. The van der Waals surface area contributed by atoms with E-state index in [4.69, 9.17) is 21.8 Å². The molecule has 0 saturated carbocycles. The van der Waals surface area contributed by atoms with E-state index in [1.165, 1.54) is 11.3 Å². The number of rotatable bonds is 2. The first-order valence-electron chi connectivity index (χ1n) is 5.24. The number of halogens is 1. The molecule has 2 N–H and O–H groups in total. The van der Waals surface area contributed by atoms with E-state index in [1.54, 1.807) is 32.2 Å². The molecule has 1 aromatic carbocycles. The summed E-state index contributed by atoms with van der Waals surface area (Å²) < 4.78 is 5.06. The van der Waals surface area contributed by atoms with Crippen LogP contribution in [0.4, 0.5) is 11.4 Å². The van der Waals surface area contributed by atoms with Gasteiger partial charge >= 0.3 is 0 Å². The number of benzene rings is 1. The summed E-state index contributed by atoms with van der Waals surface area (Å²) in [6, 6.07) is 4.94. The van der Waals surface area contributed by atoms with Gasteiger partial charge in [0.05, 0.1) is 17.1 Å². The molecule has 0 atom stereocenters. The average molecular weight is 266 g/mol. The maximum absolute atomic E-state index is 12.2. The van der Waals surface area contributed by atoms with Crippen LogP contribution in [0.25, 0.3) is 0 Å². The second-order valence-corrected chi connectivity index (χ2v) is 4.27. The topological polar surface area (TPSA) is 72.4 Å². The molecule has 0 radical (unpaired) electrons. The third-order valence-corrected chi connectivity index (χ3v) is 2.83. The Morgan fingerprint density at radius 3 is 2.83 bits per heavy atom. The van der Waals surface area contributed by atoms with Gasteiger partial charge in [-0.3, -0.25) is 4.79 Å². The van der Waals surface area contributed by atoms with Gasteiger partial charge in [-0.25, -0.2) is 4.98 Å². The molecule has 6 heteroatoms. The third kappa shape index (κ3) is 2.17. The minimum atomic E-state index is -0.320. The quantitative estimate of drug-likeness (QED) is 0.847. The van der Waals surface area contributed by atoms with Crippen molar-refractivity contribution in [3.05, 3.63) is 41.1 Å². The van der Waals surface area contributed by atoms with Crippen molar-refractivity contribution in [2.45, 2.75) is 6.92 Å². The third-order valence-electron chi connectivity index (χ3n) is 2.60. The Kier molecular flexibility index (Phi) is 3.25. The Bertz CT molecular complexity index is 595. The molecule has 5 nitrogen and oxygen atoms in total. The van der Waals surface area contributed by atoms with Crippen LogP contribution in [0.5, 0.6) is 0 Å². The zero-order valence-corrected chi connectivity index (χ0v) is 10.7. The van der Waals surface area contributed by atoms with E-state index in [-0.39, 0.29) is 11.7 Å². The molecule has 1 amide bonds. The van der Waals surface area contributed by atoms with E-state index in [0.717, 1.165) is 0 Å². The fourth-order valence-corrected chi connectivity index (χ4v) is 1.74. The molecule has 2 aromatic rings. The Balaban J connectivity index is 2.37. The van der Waals surface area contributed by atoms with Crippen LogP contribution in [-0.2, 0) is 0 Å². The highest BCUT2D eigenvalue weighted by Crippen LogP contribution is 2.27. The molecule has 2 rings (SSSR count). The number of anilines is 2. The van der Waals surface area contributed by atoms with Crippen molar-refractivity contribution in [1.29, 1.82) is 0 Å². The van der Waals surface area contributed by atoms with Crippen molar-refractivity contribution in [1.82, 2.24) is 4.98 Å². The SMILES string of the molecule is Cc1ncoc1C(=O)N(C)c1cc(Cl)ccc1N. The number of nitrogen functional groups attached to an aromatic ring is 1. The van der Waals surface area contributed by atoms with Gasteiger partial charge in [-0.05, 0) is 25.1 Å². The lowest BCUT2D eigenvalue weighted by Gasteiger charge is -2.18. The second-order valence-electron chi connectivity index (χ2n) is 3.83. The molecule has 0 spiro atoms. The number of aryl methyl sites for hydroxylation is 1. The van der Waals surface area contributed by atoms with Crippen molar-refractivity contribution >= 4 is 28.9 Å². The van der Waals surface area contributed by atoms with Gasteiger partial charge in [0.25, 0.3) is 5.91 Å². The van der Waals surface area contributed by atoms with Crippen LogP contribution in [0.1, 0.15) is 16.2 Å². The highest BCUT2D eigenvalue weighted by molar-refractivity contribution is 6.31. The number of amides is 1. The summed E-state index contributed by atoms with van der Waals surface area (Å²) in [5, 5.41) is 0.508. The Hall–Kier alpha value is -2.01. The first-order chi connectivity index (χ1) is 8.50. The van der Waals surface area contributed by atoms with E-state index < -0.39 is 0 Å². The summed E-state index contributed by atoms with van der Waals surface area (Å²) in [6.45, 7) is 1.70. The van der Waals surface area contributed by atoms with E-state index >= 15 is 0 Å². The number of hydrogen-bond donors (Lipinski definition) is 1. The molecule has 1 aromatic heterocycles. The van der Waals surface area contributed by atoms with Gasteiger partial charge in [0.1, 0.15) is 0 Å². The van der Waals surface area contributed by atoms with Crippen molar-refractivity contribution in [2.75, 3.05) is 17.7 Å². The molecule has 0 fully saturated rings. The molecular weight excluding hydrogens is 254 g/mol. The molecule has 1 heterocycles. The van der Waals surface area contributed by atoms with Crippen LogP contribution in [0.2, 0.25) is 5.02 Å².